The van der Waals surface area contributed by atoms with Gasteiger partial charge in [-0.15, -0.1) is 0 Å². The van der Waals surface area contributed by atoms with Crippen molar-refractivity contribution in [1.82, 2.24) is 0 Å². The lowest BCUT2D eigenvalue weighted by atomic mass is 10.2. The molecule has 1 aromatic rings. The molecule has 0 saturated heterocycles. The molecule has 0 bridgehead atoms. The smallest absolute Gasteiger partial charge is 0.330 e. The molecule has 0 amide bonds. The number of allylic oxidation sites excluding steroid dienone is 3. The van der Waals surface area contributed by atoms with E-state index in [0.29, 0.717) is 6.61 Å². The van der Waals surface area contributed by atoms with Crippen molar-refractivity contribution in [3.63, 3.8) is 0 Å². The monoisotopic (exact) mass is 288 g/mol. The molecule has 0 aliphatic rings. The molecule has 0 aliphatic carbocycles. The third-order valence-electron chi connectivity index (χ3n) is 2.95. The van der Waals surface area contributed by atoms with E-state index >= 15 is 0 Å². The molecular weight excluding hydrogens is 264 g/mol. The van der Waals surface area contributed by atoms with Crippen LogP contribution in [0.1, 0.15) is 31.2 Å². The first kappa shape index (κ1) is 17.2. The number of esters is 1. The SMILES string of the molecule is COC(=O)/C=C/C=C/CCCCCOCc1ccccc1. The number of hydrogen-bond donors (Lipinski definition) is 0. The number of carbonyl (C=O) groups excluding carboxylic acids is 1. The van der Waals surface area contributed by atoms with Crippen molar-refractivity contribution < 1.29 is 14.3 Å². The molecule has 0 heterocycles. The van der Waals surface area contributed by atoms with E-state index in [-0.39, 0.29) is 5.97 Å². The third kappa shape index (κ3) is 9.63. The maximum absolute atomic E-state index is 10.8. The third-order valence-corrected chi connectivity index (χ3v) is 2.95. The van der Waals surface area contributed by atoms with Crippen molar-refractivity contribution in [1.29, 1.82) is 0 Å². The maximum Gasteiger partial charge on any atom is 0.330 e. The van der Waals surface area contributed by atoms with Crippen molar-refractivity contribution >= 4 is 5.97 Å². The van der Waals surface area contributed by atoms with Crippen molar-refractivity contribution in [3.05, 3.63) is 60.2 Å². The molecule has 114 valence electrons. The highest BCUT2D eigenvalue weighted by atomic mass is 16.5. The molecule has 0 unspecified atom stereocenters. The summed E-state index contributed by atoms with van der Waals surface area (Å²) >= 11 is 0. The van der Waals surface area contributed by atoms with Gasteiger partial charge in [0, 0.05) is 12.7 Å². The number of carbonyl (C=O) groups is 1. The van der Waals surface area contributed by atoms with E-state index in [2.05, 4.69) is 22.9 Å². The molecule has 0 aliphatic heterocycles. The summed E-state index contributed by atoms with van der Waals surface area (Å²) in [4.78, 5) is 10.8. The summed E-state index contributed by atoms with van der Waals surface area (Å²) in [6.45, 7) is 1.50. The fourth-order valence-electron chi connectivity index (χ4n) is 1.78. The lowest BCUT2D eigenvalue weighted by molar-refractivity contribution is -0.134. The largest absolute Gasteiger partial charge is 0.466 e. The van der Waals surface area contributed by atoms with Gasteiger partial charge in [-0.1, -0.05) is 55.0 Å². The molecule has 21 heavy (non-hydrogen) atoms. The van der Waals surface area contributed by atoms with Crippen LogP contribution in [0.5, 0.6) is 0 Å². The molecule has 0 N–H and O–H groups in total. The average molecular weight is 288 g/mol. The second kappa shape index (κ2) is 11.9. The second-order valence-corrected chi connectivity index (χ2v) is 4.70. The molecule has 0 aromatic heterocycles. The first-order chi connectivity index (χ1) is 10.3. The van der Waals surface area contributed by atoms with Crippen molar-refractivity contribution in [2.75, 3.05) is 13.7 Å². The molecular formula is C18H24O3. The predicted molar refractivity (Wildman–Crippen MR) is 84.9 cm³/mol. The summed E-state index contributed by atoms with van der Waals surface area (Å²) in [5, 5.41) is 0. The van der Waals surface area contributed by atoms with Gasteiger partial charge in [0.2, 0.25) is 0 Å². The van der Waals surface area contributed by atoms with Crippen LogP contribution < -0.4 is 0 Å². The van der Waals surface area contributed by atoms with Gasteiger partial charge in [-0.2, -0.15) is 0 Å². The number of rotatable bonds is 10. The van der Waals surface area contributed by atoms with Gasteiger partial charge in [0.25, 0.3) is 0 Å². The Bertz CT molecular complexity index is 435. The molecule has 0 saturated carbocycles. The zero-order valence-electron chi connectivity index (χ0n) is 12.7. The normalized spacial score (nSPS) is 11.3. The van der Waals surface area contributed by atoms with Crippen LogP contribution in [0, 0.1) is 0 Å². The predicted octanol–water partition coefficient (Wildman–Crippen LogP) is 4.05. The van der Waals surface area contributed by atoms with Crippen molar-refractivity contribution in [3.8, 4) is 0 Å². The fourth-order valence-corrected chi connectivity index (χ4v) is 1.78. The fraction of sp³-hybridized carbons (Fsp3) is 0.389. The number of benzene rings is 1. The molecule has 1 aromatic carbocycles. The Morgan fingerprint density at radius 2 is 1.90 bits per heavy atom. The Morgan fingerprint density at radius 3 is 2.67 bits per heavy atom. The Morgan fingerprint density at radius 1 is 1.10 bits per heavy atom. The van der Waals surface area contributed by atoms with Gasteiger partial charge in [-0.3, -0.25) is 0 Å². The second-order valence-electron chi connectivity index (χ2n) is 4.70. The minimum atomic E-state index is -0.324. The van der Waals surface area contributed by atoms with Crippen LogP contribution in [0.25, 0.3) is 0 Å². The van der Waals surface area contributed by atoms with E-state index in [1.807, 2.05) is 24.3 Å². The van der Waals surface area contributed by atoms with E-state index in [1.54, 1.807) is 6.08 Å². The highest BCUT2D eigenvalue weighted by Gasteiger charge is 1.92. The van der Waals surface area contributed by atoms with Gasteiger partial charge in [0.05, 0.1) is 13.7 Å². The van der Waals surface area contributed by atoms with Crippen LogP contribution in [0.15, 0.2) is 54.6 Å². The van der Waals surface area contributed by atoms with Crippen molar-refractivity contribution in [2.45, 2.75) is 32.3 Å². The van der Waals surface area contributed by atoms with Crippen LogP contribution in [-0.4, -0.2) is 19.7 Å². The molecule has 3 heteroatoms. The van der Waals surface area contributed by atoms with Gasteiger partial charge in [-0.05, 0) is 24.8 Å². The highest BCUT2D eigenvalue weighted by molar-refractivity contribution is 5.82. The summed E-state index contributed by atoms with van der Waals surface area (Å²) in [5.41, 5.74) is 1.22. The summed E-state index contributed by atoms with van der Waals surface area (Å²) in [6, 6.07) is 10.2. The molecule has 3 nitrogen and oxygen atoms in total. The highest BCUT2D eigenvalue weighted by Crippen LogP contribution is 2.04. The maximum atomic E-state index is 10.8. The van der Waals surface area contributed by atoms with Crippen LogP contribution in [0.2, 0.25) is 0 Å². The summed E-state index contributed by atoms with van der Waals surface area (Å²) < 4.78 is 10.1. The molecule has 1 rings (SSSR count). The summed E-state index contributed by atoms with van der Waals surface area (Å²) in [7, 11) is 1.37. The van der Waals surface area contributed by atoms with Gasteiger partial charge < -0.3 is 9.47 Å². The number of ether oxygens (including phenoxy) is 2. The first-order valence-electron chi connectivity index (χ1n) is 7.36. The van der Waals surface area contributed by atoms with Crippen LogP contribution in [-0.2, 0) is 20.9 Å². The molecule has 0 fully saturated rings. The van der Waals surface area contributed by atoms with E-state index in [1.165, 1.54) is 18.7 Å². The quantitative estimate of drug-likeness (QED) is 0.282. The minimum Gasteiger partial charge on any atom is -0.466 e. The lowest BCUT2D eigenvalue weighted by Gasteiger charge is -2.03. The van der Waals surface area contributed by atoms with Gasteiger partial charge >= 0.3 is 5.97 Å². The van der Waals surface area contributed by atoms with Crippen LogP contribution in [0.3, 0.4) is 0 Å². The van der Waals surface area contributed by atoms with Crippen LogP contribution >= 0.6 is 0 Å². The van der Waals surface area contributed by atoms with Crippen molar-refractivity contribution in [2.24, 2.45) is 0 Å². The van der Waals surface area contributed by atoms with E-state index in [4.69, 9.17) is 4.74 Å². The van der Waals surface area contributed by atoms with Gasteiger partial charge in [0.1, 0.15) is 0 Å². The Hall–Kier alpha value is -1.87. The Balaban J connectivity index is 1.92. The topological polar surface area (TPSA) is 35.5 Å². The average Bonchev–Trinajstić information content (AvgIpc) is 2.53. The standard InChI is InChI=1S/C18H24O3/c1-20-18(19)14-10-5-3-2-4-6-11-15-21-16-17-12-8-7-9-13-17/h3,5,7-10,12-14H,2,4,6,11,15-16H2,1H3/b5-3+,14-10+. The van der Waals surface area contributed by atoms with E-state index in [9.17, 15) is 4.79 Å². The number of unbranched alkanes of at least 4 members (excludes halogenated alkanes) is 3. The zero-order chi connectivity index (χ0) is 15.2. The Labute approximate surface area is 127 Å². The van der Waals surface area contributed by atoms with Gasteiger partial charge in [0.15, 0.2) is 0 Å². The Kier molecular flexibility index (Phi) is 9.75. The number of methoxy groups -OCH3 is 1. The molecule has 0 atom stereocenters. The molecule has 0 radical (unpaired) electrons. The van der Waals surface area contributed by atoms with E-state index < -0.39 is 0 Å². The van der Waals surface area contributed by atoms with E-state index in [0.717, 1.165) is 32.3 Å². The van der Waals surface area contributed by atoms with Gasteiger partial charge in [-0.25, -0.2) is 4.79 Å². The summed E-state index contributed by atoms with van der Waals surface area (Å²) in [6.07, 6.45) is 11.4. The van der Waals surface area contributed by atoms with Crippen LogP contribution in [0.4, 0.5) is 0 Å². The number of hydrogen-bond acceptors (Lipinski definition) is 3. The lowest BCUT2D eigenvalue weighted by Crippen LogP contribution is -1.95. The summed E-state index contributed by atoms with van der Waals surface area (Å²) in [5.74, 6) is -0.324. The first-order valence-corrected chi connectivity index (χ1v) is 7.36. The minimum absolute atomic E-state index is 0.324. The zero-order valence-corrected chi connectivity index (χ0v) is 12.7. The molecule has 0 spiro atoms.